The van der Waals surface area contributed by atoms with E-state index in [1.807, 2.05) is 0 Å². The third-order valence-corrected chi connectivity index (χ3v) is 2.59. The van der Waals surface area contributed by atoms with Gasteiger partial charge in [-0.1, -0.05) is 18.2 Å². The van der Waals surface area contributed by atoms with E-state index in [-0.39, 0.29) is 12.1 Å². The maximum atomic E-state index is 12.7. The van der Waals surface area contributed by atoms with E-state index in [4.69, 9.17) is 5.73 Å². The molecule has 0 aromatic heterocycles. The van der Waals surface area contributed by atoms with Gasteiger partial charge in [0.2, 0.25) is 0 Å². The van der Waals surface area contributed by atoms with Gasteiger partial charge in [0.15, 0.2) is 0 Å². The number of amides is 2. The predicted molar refractivity (Wildman–Crippen MR) is 52.1 cm³/mol. The number of alkyl halides is 3. The summed E-state index contributed by atoms with van der Waals surface area (Å²) >= 11 is 0. The Balaban J connectivity index is 2.46. The number of carbonyl (C=O) groups excluding carboxylic acids is 1. The largest absolute Gasteiger partial charge is 0.409 e. The average molecular weight is 230 g/mol. The Kier molecular flexibility index (Phi) is 2.29. The number of primary amides is 1. The molecular weight excluding hydrogens is 221 g/mol. The standard InChI is InChI=1S/C10H9F3N2O/c11-10(12,13)8-5-6-3-1-2-4-7(6)15(8)9(14)16/h1-4,8H,5H2,(H2,14,16). The van der Waals surface area contributed by atoms with E-state index in [2.05, 4.69) is 0 Å². The number of carbonyl (C=O) groups is 1. The average Bonchev–Trinajstić information content (AvgIpc) is 2.55. The smallest absolute Gasteiger partial charge is 0.351 e. The van der Waals surface area contributed by atoms with Gasteiger partial charge >= 0.3 is 12.2 Å². The maximum Gasteiger partial charge on any atom is 0.409 e. The molecule has 3 nitrogen and oxygen atoms in total. The van der Waals surface area contributed by atoms with Crippen LogP contribution in [0.4, 0.5) is 23.7 Å². The molecule has 2 N–H and O–H groups in total. The fourth-order valence-electron chi connectivity index (χ4n) is 1.92. The molecule has 1 heterocycles. The van der Waals surface area contributed by atoms with Gasteiger partial charge in [0, 0.05) is 12.1 Å². The highest BCUT2D eigenvalue weighted by Gasteiger charge is 2.49. The molecule has 0 fully saturated rings. The minimum atomic E-state index is -4.46. The van der Waals surface area contributed by atoms with Crippen LogP contribution < -0.4 is 10.6 Å². The second-order valence-electron chi connectivity index (χ2n) is 3.60. The van der Waals surface area contributed by atoms with E-state index in [1.165, 1.54) is 6.07 Å². The van der Waals surface area contributed by atoms with Gasteiger partial charge < -0.3 is 5.73 Å². The van der Waals surface area contributed by atoms with E-state index >= 15 is 0 Å². The zero-order chi connectivity index (χ0) is 11.9. The minimum Gasteiger partial charge on any atom is -0.351 e. The van der Waals surface area contributed by atoms with Crippen LogP contribution in [0.3, 0.4) is 0 Å². The van der Waals surface area contributed by atoms with Gasteiger partial charge in [0.05, 0.1) is 0 Å². The Hall–Kier alpha value is -1.72. The number of halogens is 3. The molecule has 1 aliphatic heterocycles. The van der Waals surface area contributed by atoms with Crippen LogP contribution in [0.1, 0.15) is 5.56 Å². The molecule has 0 radical (unpaired) electrons. The molecule has 6 heteroatoms. The number of urea groups is 1. The van der Waals surface area contributed by atoms with Gasteiger partial charge in [-0.25, -0.2) is 4.79 Å². The number of anilines is 1. The number of nitrogens with zero attached hydrogens (tertiary/aromatic N) is 1. The second kappa shape index (κ2) is 3.40. The van der Waals surface area contributed by atoms with Crippen molar-refractivity contribution < 1.29 is 18.0 Å². The fourth-order valence-corrected chi connectivity index (χ4v) is 1.92. The molecule has 1 unspecified atom stereocenters. The van der Waals surface area contributed by atoms with Crippen molar-refractivity contribution in [3.8, 4) is 0 Å². The summed E-state index contributed by atoms with van der Waals surface area (Å²) in [5, 5.41) is 0. The van der Waals surface area contributed by atoms with Gasteiger partial charge in [-0.05, 0) is 11.6 Å². The van der Waals surface area contributed by atoms with E-state index in [0.29, 0.717) is 10.5 Å². The molecule has 1 atom stereocenters. The first-order valence-corrected chi connectivity index (χ1v) is 4.64. The van der Waals surface area contributed by atoms with Crippen LogP contribution in [0.25, 0.3) is 0 Å². The van der Waals surface area contributed by atoms with Gasteiger partial charge in [-0.2, -0.15) is 13.2 Å². The van der Waals surface area contributed by atoms with Crippen LogP contribution in [0.15, 0.2) is 24.3 Å². The van der Waals surface area contributed by atoms with E-state index in [1.54, 1.807) is 18.2 Å². The first kappa shape index (κ1) is 10.8. The normalized spacial score (nSPS) is 19.7. The number of rotatable bonds is 0. The Morgan fingerprint density at radius 2 is 2.00 bits per heavy atom. The van der Waals surface area contributed by atoms with Crippen molar-refractivity contribution in [1.29, 1.82) is 0 Å². The van der Waals surface area contributed by atoms with Gasteiger partial charge in [0.25, 0.3) is 0 Å². The zero-order valence-electron chi connectivity index (χ0n) is 8.16. The van der Waals surface area contributed by atoms with Crippen molar-refractivity contribution in [3.05, 3.63) is 29.8 Å². The molecule has 1 aliphatic rings. The SMILES string of the molecule is NC(=O)N1c2ccccc2CC1C(F)(F)F. The summed E-state index contributed by atoms with van der Waals surface area (Å²) < 4.78 is 38.1. The van der Waals surface area contributed by atoms with Crippen molar-refractivity contribution in [1.82, 2.24) is 0 Å². The van der Waals surface area contributed by atoms with Crippen molar-refractivity contribution in [2.75, 3.05) is 4.90 Å². The van der Waals surface area contributed by atoms with Crippen LogP contribution in [0, 0.1) is 0 Å². The monoisotopic (exact) mass is 230 g/mol. The summed E-state index contributed by atoms with van der Waals surface area (Å²) in [5.41, 5.74) is 5.72. The van der Waals surface area contributed by atoms with E-state index in [9.17, 15) is 18.0 Å². The first-order chi connectivity index (χ1) is 7.41. The summed E-state index contributed by atoms with van der Waals surface area (Å²) in [4.78, 5) is 11.7. The van der Waals surface area contributed by atoms with Crippen molar-refractivity contribution in [3.63, 3.8) is 0 Å². The lowest BCUT2D eigenvalue weighted by molar-refractivity contribution is -0.145. The highest BCUT2D eigenvalue weighted by molar-refractivity contribution is 5.94. The molecule has 0 spiro atoms. The summed E-state index contributed by atoms with van der Waals surface area (Å²) in [6, 6.07) is 3.32. The van der Waals surface area contributed by atoms with Crippen LogP contribution in [-0.2, 0) is 6.42 Å². The number of fused-ring (bicyclic) bond motifs is 1. The highest BCUT2D eigenvalue weighted by Crippen LogP contribution is 2.39. The van der Waals surface area contributed by atoms with Gasteiger partial charge in [0.1, 0.15) is 6.04 Å². The number of nitrogens with two attached hydrogens (primary N) is 1. The maximum absolute atomic E-state index is 12.7. The zero-order valence-corrected chi connectivity index (χ0v) is 8.16. The molecule has 1 aromatic rings. The topological polar surface area (TPSA) is 46.3 Å². The lowest BCUT2D eigenvalue weighted by Crippen LogP contribution is -2.49. The molecule has 0 aliphatic carbocycles. The Morgan fingerprint density at radius 1 is 1.38 bits per heavy atom. The fraction of sp³-hybridized carbons (Fsp3) is 0.300. The van der Waals surface area contributed by atoms with Crippen LogP contribution in [0.2, 0.25) is 0 Å². The molecule has 0 saturated heterocycles. The molecule has 1 aromatic carbocycles. The van der Waals surface area contributed by atoms with E-state index in [0.717, 1.165) is 0 Å². The number of hydrogen-bond donors (Lipinski definition) is 1. The highest BCUT2D eigenvalue weighted by atomic mass is 19.4. The Labute approximate surface area is 89.6 Å². The van der Waals surface area contributed by atoms with Crippen molar-refractivity contribution in [2.24, 2.45) is 5.73 Å². The number of para-hydroxylation sites is 1. The summed E-state index contributed by atoms with van der Waals surface area (Å²) in [6.07, 6.45) is -4.70. The molecule has 0 bridgehead atoms. The number of benzene rings is 1. The summed E-state index contributed by atoms with van der Waals surface area (Å²) in [6.45, 7) is 0. The van der Waals surface area contributed by atoms with Crippen LogP contribution in [-0.4, -0.2) is 18.2 Å². The molecular formula is C10H9F3N2O. The number of hydrogen-bond acceptors (Lipinski definition) is 1. The summed E-state index contributed by atoms with van der Waals surface area (Å²) in [5.74, 6) is 0. The molecule has 2 amide bonds. The minimum absolute atomic E-state index is 0.234. The third-order valence-electron chi connectivity index (χ3n) is 2.59. The molecule has 2 rings (SSSR count). The lowest BCUT2D eigenvalue weighted by Gasteiger charge is -2.25. The van der Waals surface area contributed by atoms with Gasteiger partial charge in [-0.15, -0.1) is 0 Å². The first-order valence-electron chi connectivity index (χ1n) is 4.64. The quantitative estimate of drug-likeness (QED) is 0.728. The Bertz CT molecular complexity index is 430. The predicted octanol–water partition coefficient (Wildman–Crippen LogP) is 2.06. The Morgan fingerprint density at radius 3 is 2.56 bits per heavy atom. The molecule has 16 heavy (non-hydrogen) atoms. The van der Waals surface area contributed by atoms with Crippen molar-refractivity contribution in [2.45, 2.75) is 18.6 Å². The van der Waals surface area contributed by atoms with Gasteiger partial charge in [-0.3, -0.25) is 4.90 Å². The summed E-state index contributed by atoms with van der Waals surface area (Å²) in [7, 11) is 0. The molecule has 0 saturated carbocycles. The van der Waals surface area contributed by atoms with E-state index < -0.39 is 18.2 Å². The van der Waals surface area contributed by atoms with Crippen LogP contribution >= 0.6 is 0 Å². The third kappa shape index (κ3) is 1.60. The second-order valence-corrected chi connectivity index (χ2v) is 3.60. The molecule has 86 valence electrons. The lowest BCUT2D eigenvalue weighted by atomic mass is 10.1. The van der Waals surface area contributed by atoms with Crippen molar-refractivity contribution >= 4 is 11.7 Å². The van der Waals surface area contributed by atoms with Crippen LogP contribution in [0.5, 0.6) is 0 Å².